The van der Waals surface area contributed by atoms with Gasteiger partial charge in [-0.2, -0.15) is 9.57 Å². The molecule has 1 heterocycles. The molecule has 1 saturated heterocycles. The second-order valence-electron chi connectivity index (χ2n) is 4.76. The van der Waals surface area contributed by atoms with Crippen LogP contribution in [0.25, 0.3) is 0 Å². The average molecular weight is 294 g/mol. The van der Waals surface area contributed by atoms with Gasteiger partial charge in [0.25, 0.3) is 0 Å². The van der Waals surface area contributed by atoms with E-state index < -0.39 is 16.0 Å². The Hall–Kier alpha value is -1.91. The van der Waals surface area contributed by atoms with Gasteiger partial charge in [-0.3, -0.25) is 4.79 Å². The molecule has 20 heavy (non-hydrogen) atoms. The number of aliphatic carboxylic acids is 1. The van der Waals surface area contributed by atoms with Crippen molar-refractivity contribution in [3.05, 3.63) is 29.8 Å². The minimum absolute atomic E-state index is 0.00682. The fourth-order valence-corrected chi connectivity index (χ4v) is 3.71. The highest BCUT2D eigenvalue weighted by molar-refractivity contribution is 7.89. The lowest BCUT2D eigenvalue weighted by Crippen LogP contribution is -2.50. The monoisotopic (exact) mass is 294 g/mol. The Labute approximate surface area is 117 Å². The number of carboxylic acid groups (broad SMARTS) is 1. The third-order valence-corrected chi connectivity index (χ3v) is 5.08. The molecule has 0 radical (unpaired) electrons. The number of hydrogen-bond donors (Lipinski definition) is 1. The van der Waals surface area contributed by atoms with Crippen molar-refractivity contribution in [2.75, 3.05) is 13.1 Å². The molecule has 1 aromatic carbocycles. The first-order chi connectivity index (χ1) is 9.43. The number of carboxylic acids is 1. The molecule has 0 bridgehead atoms. The summed E-state index contributed by atoms with van der Waals surface area (Å²) in [7, 11) is -3.55. The Balaban J connectivity index is 2.05. The molecule has 0 amide bonds. The third-order valence-electron chi connectivity index (χ3n) is 3.23. The molecule has 0 saturated carbocycles. The summed E-state index contributed by atoms with van der Waals surface area (Å²) < 4.78 is 25.7. The Kier molecular flexibility index (Phi) is 4.06. The van der Waals surface area contributed by atoms with Crippen molar-refractivity contribution >= 4 is 16.0 Å². The molecule has 6 nitrogen and oxygen atoms in total. The second-order valence-corrected chi connectivity index (χ2v) is 6.70. The molecule has 1 N–H and O–H groups in total. The summed E-state index contributed by atoms with van der Waals surface area (Å²) in [6, 6.07) is 8.18. The molecule has 2 rings (SSSR count). The number of nitrogens with zero attached hydrogens (tertiary/aromatic N) is 2. The van der Waals surface area contributed by atoms with Crippen LogP contribution in [-0.2, 0) is 21.2 Å². The lowest BCUT2D eigenvalue weighted by molar-refractivity contribution is -0.139. The zero-order chi connectivity index (χ0) is 14.8. The van der Waals surface area contributed by atoms with Crippen molar-refractivity contribution in [1.82, 2.24) is 4.31 Å². The molecule has 106 valence electrons. The smallest absolute Gasteiger partial charge is 0.303 e. The highest BCUT2D eigenvalue weighted by Crippen LogP contribution is 2.27. The van der Waals surface area contributed by atoms with Crippen LogP contribution in [0.5, 0.6) is 0 Å². The van der Waals surface area contributed by atoms with Gasteiger partial charge < -0.3 is 5.11 Å². The highest BCUT2D eigenvalue weighted by atomic mass is 32.2. The fraction of sp³-hybridized carbons (Fsp3) is 0.385. The molecular weight excluding hydrogens is 280 g/mol. The van der Waals surface area contributed by atoms with E-state index >= 15 is 0 Å². The van der Waals surface area contributed by atoms with Gasteiger partial charge in [0, 0.05) is 13.1 Å². The molecule has 0 spiro atoms. The quantitative estimate of drug-likeness (QED) is 0.868. The maximum Gasteiger partial charge on any atom is 0.303 e. The van der Waals surface area contributed by atoms with E-state index in [2.05, 4.69) is 0 Å². The summed E-state index contributed by atoms with van der Waals surface area (Å²) in [5.41, 5.74) is 0.763. The van der Waals surface area contributed by atoms with E-state index in [-0.39, 0.29) is 36.7 Å². The van der Waals surface area contributed by atoms with E-state index in [4.69, 9.17) is 10.4 Å². The number of nitriles is 1. The van der Waals surface area contributed by atoms with Crippen molar-refractivity contribution in [2.45, 2.75) is 17.7 Å². The van der Waals surface area contributed by atoms with Gasteiger partial charge in [-0.05, 0) is 23.6 Å². The number of benzene rings is 1. The van der Waals surface area contributed by atoms with E-state index in [0.29, 0.717) is 0 Å². The third kappa shape index (κ3) is 2.98. The summed E-state index contributed by atoms with van der Waals surface area (Å²) in [6.45, 7) is 0.489. The maximum atomic E-state index is 12.2. The first kappa shape index (κ1) is 14.5. The molecule has 7 heteroatoms. The predicted octanol–water partition coefficient (Wildman–Crippen LogP) is 0.848. The maximum absolute atomic E-state index is 12.2. The van der Waals surface area contributed by atoms with Gasteiger partial charge in [0.1, 0.15) is 0 Å². The molecular formula is C13H14N2O4S. The van der Waals surface area contributed by atoms with Gasteiger partial charge >= 0.3 is 5.97 Å². The highest BCUT2D eigenvalue weighted by Gasteiger charge is 2.37. The summed E-state index contributed by atoms with van der Waals surface area (Å²) >= 11 is 0. The van der Waals surface area contributed by atoms with Crippen LogP contribution in [0.2, 0.25) is 0 Å². The fourth-order valence-electron chi connectivity index (χ4n) is 2.11. The van der Waals surface area contributed by atoms with Gasteiger partial charge in [0.05, 0.1) is 23.8 Å². The number of carbonyl (C=O) groups is 1. The van der Waals surface area contributed by atoms with Crippen LogP contribution in [0.1, 0.15) is 12.0 Å². The Morgan fingerprint density at radius 2 is 1.95 bits per heavy atom. The van der Waals surface area contributed by atoms with Gasteiger partial charge in [0.15, 0.2) is 0 Å². The number of sulfonamides is 1. The van der Waals surface area contributed by atoms with Gasteiger partial charge in [-0.25, -0.2) is 8.42 Å². The number of rotatable bonds is 5. The van der Waals surface area contributed by atoms with Crippen LogP contribution in [0.15, 0.2) is 29.2 Å². The molecule has 1 aliphatic heterocycles. The van der Waals surface area contributed by atoms with Crippen LogP contribution >= 0.6 is 0 Å². The van der Waals surface area contributed by atoms with Crippen molar-refractivity contribution in [2.24, 2.45) is 5.92 Å². The van der Waals surface area contributed by atoms with Crippen LogP contribution in [0, 0.1) is 17.2 Å². The standard InChI is InChI=1S/C13H14N2O4S/c14-6-5-10-1-3-12(4-2-10)20(18,19)15-8-11(9-15)7-13(16)17/h1-4,11H,5,7-9H2,(H,16,17). The van der Waals surface area contributed by atoms with Crippen molar-refractivity contribution in [3.63, 3.8) is 0 Å². The second kappa shape index (κ2) is 5.61. The lowest BCUT2D eigenvalue weighted by Gasteiger charge is -2.37. The summed E-state index contributed by atoms with van der Waals surface area (Å²) in [5.74, 6) is -1.02. The summed E-state index contributed by atoms with van der Waals surface area (Å²) in [4.78, 5) is 10.7. The largest absolute Gasteiger partial charge is 0.481 e. The van der Waals surface area contributed by atoms with Crippen molar-refractivity contribution in [1.29, 1.82) is 5.26 Å². The summed E-state index contributed by atoms with van der Waals surface area (Å²) in [6.07, 6.45) is 0.234. The lowest BCUT2D eigenvalue weighted by atomic mass is 10.00. The number of hydrogen-bond acceptors (Lipinski definition) is 4. The minimum atomic E-state index is -3.55. The zero-order valence-electron chi connectivity index (χ0n) is 10.7. The van der Waals surface area contributed by atoms with Crippen molar-refractivity contribution < 1.29 is 18.3 Å². The Morgan fingerprint density at radius 1 is 1.35 bits per heavy atom. The molecule has 1 aromatic rings. The zero-order valence-corrected chi connectivity index (χ0v) is 11.5. The van der Waals surface area contributed by atoms with Crippen LogP contribution in [0.3, 0.4) is 0 Å². The normalized spacial score (nSPS) is 16.4. The van der Waals surface area contributed by atoms with Crippen LogP contribution < -0.4 is 0 Å². The van der Waals surface area contributed by atoms with Crippen molar-refractivity contribution in [3.8, 4) is 6.07 Å². The van der Waals surface area contributed by atoms with E-state index in [1.807, 2.05) is 6.07 Å². The Morgan fingerprint density at radius 3 is 2.45 bits per heavy atom. The van der Waals surface area contributed by atoms with Gasteiger partial charge in [0.2, 0.25) is 10.0 Å². The minimum Gasteiger partial charge on any atom is -0.481 e. The van der Waals surface area contributed by atoms with Gasteiger partial charge in [-0.1, -0.05) is 12.1 Å². The van der Waals surface area contributed by atoms with Crippen LogP contribution in [0.4, 0.5) is 0 Å². The topological polar surface area (TPSA) is 98.5 Å². The SMILES string of the molecule is N#CCc1ccc(S(=O)(=O)N2CC(CC(=O)O)C2)cc1. The molecule has 0 atom stereocenters. The van der Waals surface area contributed by atoms with E-state index in [1.165, 1.54) is 16.4 Å². The molecule has 1 fully saturated rings. The first-order valence-electron chi connectivity index (χ1n) is 6.11. The molecule has 1 aliphatic rings. The average Bonchev–Trinajstić information content (AvgIpc) is 2.34. The molecule has 0 aromatic heterocycles. The van der Waals surface area contributed by atoms with E-state index in [0.717, 1.165) is 5.56 Å². The van der Waals surface area contributed by atoms with Gasteiger partial charge in [-0.15, -0.1) is 0 Å². The predicted molar refractivity (Wildman–Crippen MR) is 70.3 cm³/mol. The summed E-state index contributed by atoms with van der Waals surface area (Å²) in [5, 5.41) is 17.2. The van der Waals surface area contributed by atoms with E-state index in [9.17, 15) is 13.2 Å². The molecule has 0 unspecified atom stereocenters. The van der Waals surface area contributed by atoms with E-state index in [1.54, 1.807) is 12.1 Å². The molecule has 0 aliphatic carbocycles. The van der Waals surface area contributed by atoms with Crippen LogP contribution in [-0.4, -0.2) is 36.9 Å². The Bertz CT molecular complexity index is 640. The first-order valence-corrected chi connectivity index (χ1v) is 7.55.